The van der Waals surface area contributed by atoms with Crippen LogP contribution >= 0.6 is 0 Å². The monoisotopic (exact) mass is 329 g/mol. The summed E-state index contributed by atoms with van der Waals surface area (Å²) >= 11 is 0. The topological polar surface area (TPSA) is 80.5 Å². The number of hydrogen-bond donors (Lipinski definition) is 0. The third kappa shape index (κ3) is 2.30. The van der Waals surface area contributed by atoms with Gasteiger partial charge in [-0.1, -0.05) is 18.2 Å². The summed E-state index contributed by atoms with van der Waals surface area (Å²) < 4.78 is 29.1. The number of aromatic nitrogens is 4. The first-order valence-electron chi connectivity index (χ1n) is 7.39. The smallest absolute Gasteiger partial charge is 0.220 e. The van der Waals surface area contributed by atoms with Crippen LogP contribution in [0.1, 0.15) is 24.6 Å². The maximum atomic E-state index is 13.0. The minimum absolute atomic E-state index is 0.257. The predicted octanol–water partition coefficient (Wildman–Crippen LogP) is 1.65. The lowest BCUT2D eigenvalue weighted by atomic mass is 10.1. The molecule has 4 rings (SSSR count). The van der Waals surface area contributed by atoms with Gasteiger partial charge in [0.1, 0.15) is 6.33 Å². The second-order valence-electron chi connectivity index (χ2n) is 5.43. The third-order valence-corrected chi connectivity index (χ3v) is 6.03. The molecule has 1 aliphatic rings. The second kappa shape index (κ2) is 5.39. The Morgan fingerprint density at radius 1 is 1.09 bits per heavy atom. The number of nitrogens with zero attached hydrogens (tertiary/aromatic N) is 5. The normalized spacial score (nSPS) is 19.4. The van der Waals surface area contributed by atoms with E-state index in [-0.39, 0.29) is 6.04 Å². The molecule has 0 saturated carbocycles. The lowest BCUT2D eigenvalue weighted by Gasteiger charge is -2.24. The summed E-state index contributed by atoms with van der Waals surface area (Å²) in [6, 6.07) is 10.1. The van der Waals surface area contributed by atoms with E-state index in [0.717, 1.165) is 18.5 Å². The van der Waals surface area contributed by atoms with Crippen LogP contribution < -0.4 is 0 Å². The van der Waals surface area contributed by atoms with Gasteiger partial charge in [0.05, 0.1) is 16.6 Å². The SMILES string of the molecule is O=S(=O)(c1ccccc1)N1CCC[C@@H]1c1ccnc2ncnn12. The first-order valence-corrected chi connectivity index (χ1v) is 8.83. The van der Waals surface area contributed by atoms with Crippen LogP contribution in [0.2, 0.25) is 0 Å². The van der Waals surface area contributed by atoms with Crippen molar-refractivity contribution in [3.63, 3.8) is 0 Å². The number of hydrogen-bond acceptors (Lipinski definition) is 5. The fraction of sp³-hybridized carbons (Fsp3) is 0.267. The molecule has 0 amide bonds. The quantitative estimate of drug-likeness (QED) is 0.730. The molecule has 1 saturated heterocycles. The fourth-order valence-electron chi connectivity index (χ4n) is 3.06. The minimum atomic E-state index is -3.54. The van der Waals surface area contributed by atoms with E-state index in [9.17, 15) is 8.42 Å². The third-order valence-electron chi connectivity index (χ3n) is 4.10. The van der Waals surface area contributed by atoms with Crippen LogP contribution in [0, 0.1) is 0 Å². The maximum Gasteiger partial charge on any atom is 0.252 e. The molecule has 0 bridgehead atoms. The Hall–Kier alpha value is -2.32. The van der Waals surface area contributed by atoms with Crippen molar-refractivity contribution in [2.24, 2.45) is 0 Å². The Morgan fingerprint density at radius 2 is 1.91 bits per heavy atom. The van der Waals surface area contributed by atoms with Gasteiger partial charge < -0.3 is 0 Å². The Labute approximate surface area is 133 Å². The van der Waals surface area contributed by atoms with Crippen molar-refractivity contribution in [3.8, 4) is 0 Å². The van der Waals surface area contributed by atoms with Gasteiger partial charge in [-0.15, -0.1) is 0 Å². The number of fused-ring (bicyclic) bond motifs is 1. The molecule has 0 N–H and O–H groups in total. The summed E-state index contributed by atoms with van der Waals surface area (Å²) in [6.07, 6.45) is 4.64. The van der Waals surface area contributed by atoms with Crippen LogP contribution in [0.5, 0.6) is 0 Å². The Morgan fingerprint density at radius 3 is 2.74 bits per heavy atom. The van der Waals surface area contributed by atoms with E-state index in [4.69, 9.17) is 0 Å². The zero-order chi connectivity index (χ0) is 15.9. The van der Waals surface area contributed by atoms with Crippen molar-refractivity contribution in [1.29, 1.82) is 0 Å². The summed E-state index contributed by atoms with van der Waals surface area (Å²) in [5.74, 6) is 0.478. The molecular weight excluding hydrogens is 314 g/mol. The van der Waals surface area contributed by atoms with E-state index < -0.39 is 10.0 Å². The van der Waals surface area contributed by atoms with Gasteiger partial charge >= 0.3 is 0 Å². The predicted molar refractivity (Wildman–Crippen MR) is 83.1 cm³/mol. The zero-order valence-corrected chi connectivity index (χ0v) is 13.1. The summed E-state index contributed by atoms with van der Waals surface area (Å²) in [6.45, 7) is 0.500. The molecule has 1 aliphatic heterocycles. The van der Waals surface area contributed by atoms with Gasteiger partial charge in [-0.3, -0.25) is 0 Å². The van der Waals surface area contributed by atoms with E-state index >= 15 is 0 Å². The lowest BCUT2D eigenvalue weighted by Crippen LogP contribution is -2.31. The highest BCUT2D eigenvalue weighted by molar-refractivity contribution is 7.89. The van der Waals surface area contributed by atoms with Gasteiger partial charge in [-0.25, -0.2) is 13.4 Å². The standard InChI is InChI=1S/C15H15N5O2S/c21-23(22,12-5-2-1-3-6-12)19-10-4-7-13(19)14-8-9-16-15-17-11-18-20(14)15/h1-3,5-6,8-9,11,13H,4,7,10H2/t13-/m1/s1. The number of sulfonamides is 1. The molecule has 23 heavy (non-hydrogen) atoms. The first-order chi connectivity index (χ1) is 11.2. The van der Waals surface area contributed by atoms with Crippen LogP contribution in [0.4, 0.5) is 0 Å². The molecule has 3 aromatic rings. The minimum Gasteiger partial charge on any atom is -0.220 e. The highest BCUT2D eigenvalue weighted by Gasteiger charge is 2.37. The molecule has 0 radical (unpaired) electrons. The van der Waals surface area contributed by atoms with Crippen molar-refractivity contribution in [1.82, 2.24) is 23.9 Å². The molecule has 7 nitrogen and oxygen atoms in total. The van der Waals surface area contributed by atoms with E-state index in [1.807, 2.05) is 12.1 Å². The molecule has 2 aromatic heterocycles. The molecule has 0 unspecified atom stereocenters. The average Bonchev–Trinajstić information content (AvgIpc) is 3.24. The van der Waals surface area contributed by atoms with E-state index in [1.54, 1.807) is 39.3 Å². The number of rotatable bonds is 3. The van der Waals surface area contributed by atoms with Crippen molar-refractivity contribution < 1.29 is 8.42 Å². The molecule has 3 heterocycles. The van der Waals surface area contributed by atoms with Crippen LogP contribution in [-0.2, 0) is 10.0 Å². The molecule has 1 aromatic carbocycles. The van der Waals surface area contributed by atoms with E-state index in [2.05, 4.69) is 15.1 Å². The molecule has 8 heteroatoms. The Balaban J connectivity index is 1.80. The summed E-state index contributed by atoms with van der Waals surface area (Å²) in [4.78, 5) is 8.52. The van der Waals surface area contributed by atoms with Gasteiger partial charge in [-0.05, 0) is 31.0 Å². The zero-order valence-electron chi connectivity index (χ0n) is 12.3. The molecule has 118 valence electrons. The summed E-state index contributed by atoms with van der Waals surface area (Å²) in [7, 11) is -3.54. The Bertz CT molecular complexity index is 939. The Kier molecular flexibility index (Phi) is 3.35. The number of benzene rings is 1. The van der Waals surface area contributed by atoms with Crippen molar-refractivity contribution >= 4 is 15.8 Å². The maximum absolute atomic E-state index is 13.0. The molecule has 1 atom stereocenters. The highest BCUT2D eigenvalue weighted by atomic mass is 32.2. The van der Waals surface area contributed by atoms with E-state index in [0.29, 0.717) is 17.2 Å². The van der Waals surface area contributed by atoms with Gasteiger partial charge in [-0.2, -0.15) is 18.9 Å². The fourth-order valence-corrected chi connectivity index (χ4v) is 4.75. The van der Waals surface area contributed by atoms with Crippen LogP contribution in [0.25, 0.3) is 5.78 Å². The van der Waals surface area contributed by atoms with Crippen LogP contribution in [0.15, 0.2) is 53.8 Å². The molecule has 0 spiro atoms. The second-order valence-corrected chi connectivity index (χ2v) is 7.32. The van der Waals surface area contributed by atoms with E-state index in [1.165, 1.54) is 6.33 Å². The van der Waals surface area contributed by atoms with Gasteiger partial charge in [0.25, 0.3) is 5.78 Å². The van der Waals surface area contributed by atoms with Gasteiger partial charge in [0.2, 0.25) is 10.0 Å². The largest absolute Gasteiger partial charge is 0.252 e. The van der Waals surface area contributed by atoms with Crippen molar-refractivity contribution in [2.45, 2.75) is 23.8 Å². The summed E-state index contributed by atoms with van der Waals surface area (Å²) in [5, 5.41) is 4.17. The van der Waals surface area contributed by atoms with Crippen LogP contribution in [-0.4, -0.2) is 38.8 Å². The van der Waals surface area contributed by atoms with Gasteiger partial charge in [0.15, 0.2) is 0 Å². The van der Waals surface area contributed by atoms with Crippen molar-refractivity contribution in [2.75, 3.05) is 6.54 Å². The van der Waals surface area contributed by atoms with Gasteiger partial charge in [0, 0.05) is 12.7 Å². The highest BCUT2D eigenvalue weighted by Crippen LogP contribution is 2.36. The van der Waals surface area contributed by atoms with Crippen LogP contribution in [0.3, 0.4) is 0 Å². The van der Waals surface area contributed by atoms with Crippen molar-refractivity contribution in [3.05, 3.63) is 54.6 Å². The lowest BCUT2D eigenvalue weighted by molar-refractivity contribution is 0.385. The summed E-state index contributed by atoms with van der Waals surface area (Å²) in [5.41, 5.74) is 0.796. The molecule has 1 fully saturated rings. The molecule has 0 aliphatic carbocycles. The average molecular weight is 329 g/mol. The molecular formula is C15H15N5O2S. The first kappa shape index (κ1) is 14.3.